The van der Waals surface area contributed by atoms with Gasteiger partial charge in [-0.25, -0.2) is 4.98 Å². The highest BCUT2D eigenvalue weighted by Crippen LogP contribution is 2.19. The lowest BCUT2D eigenvalue weighted by Crippen LogP contribution is -2.27. The molecule has 0 aromatic carbocycles. The molecule has 0 aliphatic carbocycles. The molecule has 3 N–H and O–H groups in total. The van der Waals surface area contributed by atoms with Gasteiger partial charge in [-0.2, -0.15) is 11.3 Å². The summed E-state index contributed by atoms with van der Waals surface area (Å²) in [7, 11) is 0. The monoisotopic (exact) mass is 325 g/mol. The molecule has 0 aliphatic rings. The van der Waals surface area contributed by atoms with Crippen molar-refractivity contribution >= 4 is 39.0 Å². The van der Waals surface area contributed by atoms with Crippen LogP contribution in [0.15, 0.2) is 33.6 Å². The molecule has 0 saturated carbocycles. The van der Waals surface area contributed by atoms with Crippen molar-refractivity contribution in [3.05, 3.63) is 44.7 Å². The summed E-state index contributed by atoms with van der Waals surface area (Å²) in [5, 5.41) is 6.88. The van der Waals surface area contributed by atoms with Crippen LogP contribution in [0.2, 0.25) is 0 Å². The Bertz CT molecular complexity index is 556. The van der Waals surface area contributed by atoms with Crippen LogP contribution in [0.4, 0.5) is 5.82 Å². The van der Waals surface area contributed by atoms with Crippen LogP contribution in [0, 0.1) is 0 Å². The average molecular weight is 326 g/mol. The molecule has 2 aromatic rings. The fraction of sp³-hybridized carbons (Fsp3) is 0.167. The van der Waals surface area contributed by atoms with Gasteiger partial charge in [-0.05, 0) is 51.3 Å². The Labute approximate surface area is 117 Å². The van der Waals surface area contributed by atoms with Crippen LogP contribution in [-0.4, -0.2) is 10.9 Å². The van der Waals surface area contributed by atoms with E-state index in [0.29, 0.717) is 5.56 Å². The van der Waals surface area contributed by atoms with Crippen LogP contribution >= 0.6 is 27.3 Å². The van der Waals surface area contributed by atoms with Crippen molar-refractivity contribution in [3.8, 4) is 0 Å². The molecule has 2 heterocycles. The Morgan fingerprint density at radius 3 is 3.06 bits per heavy atom. The molecule has 1 amide bonds. The number of hydrogen-bond donors (Lipinski definition) is 2. The summed E-state index contributed by atoms with van der Waals surface area (Å²) in [5.74, 6) is 0.00761. The number of nitrogen functional groups attached to an aromatic ring is 1. The Hall–Kier alpha value is -1.40. The second kappa shape index (κ2) is 5.49. The summed E-state index contributed by atoms with van der Waals surface area (Å²) in [6.07, 6.45) is 1.56. The zero-order valence-corrected chi connectivity index (χ0v) is 12.1. The number of nitrogens with two attached hydrogens (primary N) is 1. The average Bonchev–Trinajstić information content (AvgIpc) is 2.85. The molecule has 0 radical (unpaired) electrons. The highest BCUT2D eigenvalue weighted by molar-refractivity contribution is 9.10. The summed E-state index contributed by atoms with van der Waals surface area (Å²) in [6, 6.07) is 3.60. The number of carbonyl (C=O) groups excluding carboxylic acids is 1. The number of pyridine rings is 1. The molecule has 0 bridgehead atoms. The molecule has 6 heteroatoms. The van der Waals surface area contributed by atoms with Crippen LogP contribution in [-0.2, 0) is 0 Å². The first-order chi connectivity index (χ1) is 8.58. The highest BCUT2D eigenvalue weighted by Gasteiger charge is 2.15. The van der Waals surface area contributed by atoms with E-state index >= 15 is 0 Å². The molecular formula is C12H12BrN3OS. The number of carbonyl (C=O) groups is 1. The maximum Gasteiger partial charge on any atom is 0.255 e. The number of rotatable bonds is 3. The molecule has 4 nitrogen and oxygen atoms in total. The van der Waals surface area contributed by atoms with Crippen molar-refractivity contribution in [2.75, 3.05) is 5.73 Å². The number of nitrogens with zero attached hydrogens (tertiary/aromatic N) is 1. The van der Waals surface area contributed by atoms with Crippen LogP contribution < -0.4 is 11.1 Å². The van der Waals surface area contributed by atoms with E-state index in [1.165, 1.54) is 0 Å². The number of anilines is 1. The number of halogens is 1. The molecule has 1 atom stereocenters. The summed E-state index contributed by atoms with van der Waals surface area (Å²) in [5.41, 5.74) is 7.15. The van der Waals surface area contributed by atoms with Crippen LogP contribution in [0.5, 0.6) is 0 Å². The van der Waals surface area contributed by atoms with E-state index in [-0.39, 0.29) is 17.8 Å². The van der Waals surface area contributed by atoms with Crippen LogP contribution in [0.1, 0.15) is 28.9 Å². The van der Waals surface area contributed by atoms with Gasteiger partial charge in [0.05, 0.1) is 11.6 Å². The number of nitrogens with one attached hydrogen (secondary N) is 1. The topological polar surface area (TPSA) is 68.0 Å². The van der Waals surface area contributed by atoms with E-state index < -0.39 is 0 Å². The second-order valence-corrected chi connectivity index (χ2v) is 5.53. The Kier molecular flexibility index (Phi) is 3.98. The van der Waals surface area contributed by atoms with Crippen molar-refractivity contribution in [2.24, 2.45) is 0 Å². The van der Waals surface area contributed by atoms with Crippen LogP contribution in [0.3, 0.4) is 0 Å². The van der Waals surface area contributed by atoms with E-state index in [9.17, 15) is 4.79 Å². The molecule has 0 saturated heterocycles. The molecule has 0 aliphatic heterocycles. The molecule has 0 spiro atoms. The lowest BCUT2D eigenvalue weighted by Gasteiger charge is -2.13. The first-order valence-electron chi connectivity index (χ1n) is 5.32. The molecule has 2 rings (SSSR count). The zero-order chi connectivity index (χ0) is 13.1. The summed E-state index contributed by atoms with van der Waals surface area (Å²) >= 11 is 4.87. The van der Waals surface area contributed by atoms with E-state index in [1.54, 1.807) is 23.6 Å². The maximum absolute atomic E-state index is 12.1. The molecular weight excluding hydrogens is 314 g/mol. The minimum atomic E-state index is -0.222. The van der Waals surface area contributed by atoms with E-state index in [1.807, 2.05) is 23.8 Å². The quantitative estimate of drug-likeness (QED) is 0.911. The number of thiophene rings is 1. The van der Waals surface area contributed by atoms with Crippen molar-refractivity contribution in [3.63, 3.8) is 0 Å². The third-order valence-electron chi connectivity index (χ3n) is 2.52. The minimum absolute atomic E-state index is 0.0536. The van der Waals surface area contributed by atoms with E-state index in [2.05, 4.69) is 26.2 Å². The zero-order valence-electron chi connectivity index (χ0n) is 9.68. The molecule has 1 unspecified atom stereocenters. The lowest BCUT2D eigenvalue weighted by atomic mass is 10.1. The first-order valence-corrected chi connectivity index (χ1v) is 7.05. The van der Waals surface area contributed by atoms with E-state index in [4.69, 9.17) is 5.73 Å². The lowest BCUT2D eigenvalue weighted by molar-refractivity contribution is 0.0940. The van der Waals surface area contributed by atoms with Gasteiger partial charge in [0.15, 0.2) is 0 Å². The minimum Gasteiger partial charge on any atom is -0.383 e. The van der Waals surface area contributed by atoms with Gasteiger partial charge >= 0.3 is 0 Å². The van der Waals surface area contributed by atoms with Gasteiger partial charge in [-0.15, -0.1) is 0 Å². The third-order valence-corrected chi connectivity index (χ3v) is 3.66. The number of aromatic nitrogens is 1. The van der Waals surface area contributed by atoms with Gasteiger partial charge in [0.2, 0.25) is 0 Å². The smallest absolute Gasteiger partial charge is 0.255 e. The van der Waals surface area contributed by atoms with Gasteiger partial charge in [0.1, 0.15) is 5.82 Å². The fourth-order valence-corrected chi connectivity index (χ4v) is 2.60. The normalized spacial score (nSPS) is 12.1. The standard InChI is InChI=1S/C12H12BrN3OS/c1-7(8-2-3-18-6-8)16-12(17)10-4-9(13)5-15-11(10)14/h2-7H,1H3,(H2,14,15)(H,16,17). The molecule has 0 fully saturated rings. The largest absolute Gasteiger partial charge is 0.383 e. The second-order valence-electron chi connectivity index (χ2n) is 3.84. The third kappa shape index (κ3) is 2.88. The van der Waals surface area contributed by atoms with Crippen molar-refractivity contribution in [1.82, 2.24) is 10.3 Å². The van der Waals surface area contributed by atoms with Crippen molar-refractivity contribution < 1.29 is 4.79 Å². The van der Waals surface area contributed by atoms with E-state index in [0.717, 1.165) is 10.0 Å². The first kappa shape index (κ1) is 13.0. The number of amides is 1. The van der Waals surface area contributed by atoms with Gasteiger partial charge in [-0.1, -0.05) is 0 Å². The molecule has 94 valence electrons. The predicted molar refractivity (Wildman–Crippen MR) is 76.5 cm³/mol. The Balaban J connectivity index is 2.15. The SMILES string of the molecule is CC(NC(=O)c1cc(Br)cnc1N)c1ccsc1. The molecule has 18 heavy (non-hydrogen) atoms. The summed E-state index contributed by atoms with van der Waals surface area (Å²) in [6.45, 7) is 1.93. The predicted octanol–water partition coefficient (Wildman–Crippen LogP) is 2.98. The van der Waals surface area contributed by atoms with Crippen molar-refractivity contribution in [2.45, 2.75) is 13.0 Å². The maximum atomic E-state index is 12.1. The van der Waals surface area contributed by atoms with Crippen molar-refractivity contribution in [1.29, 1.82) is 0 Å². The van der Waals surface area contributed by atoms with Gasteiger partial charge in [-0.3, -0.25) is 4.79 Å². The summed E-state index contributed by atoms with van der Waals surface area (Å²) in [4.78, 5) is 16.0. The number of hydrogen-bond acceptors (Lipinski definition) is 4. The van der Waals surface area contributed by atoms with Crippen LogP contribution in [0.25, 0.3) is 0 Å². The highest BCUT2D eigenvalue weighted by atomic mass is 79.9. The Morgan fingerprint density at radius 2 is 2.39 bits per heavy atom. The fourth-order valence-electron chi connectivity index (χ4n) is 1.51. The van der Waals surface area contributed by atoms with Gasteiger partial charge in [0, 0.05) is 10.7 Å². The Morgan fingerprint density at radius 1 is 1.61 bits per heavy atom. The summed E-state index contributed by atoms with van der Waals surface area (Å²) < 4.78 is 0.727. The molecule has 2 aromatic heterocycles. The van der Waals surface area contributed by atoms with Gasteiger partial charge in [0.25, 0.3) is 5.91 Å². The van der Waals surface area contributed by atoms with Gasteiger partial charge < -0.3 is 11.1 Å².